The molecule has 0 aliphatic carbocycles. The van der Waals surface area contributed by atoms with Crippen molar-refractivity contribution in [3.05, 3.63) is 28.6 Å². The normalized spacial score (nSPS) is 12.1. The lowest BCUT2D eigenvalue weighted by Crippen LogP contribution is -2.41. The third-order valence-corrected chi connectivity index (χ3v) is 2.63. The minimum atomic E-state index is -1.34. The van der Waals surface area contributed by atoms with E-state index in [9.17, 15) is 14.4 Å². The van der Waals surface area contributed by atoms with Crippen LogP contribution in [0.1, 0.15) is 12.2 Å². The number of halogens is 1. The Morgan fingerprint density at radius 2 is 2.20 bits per heavy atom. The van der Waals surface area contributed by atoms with Gasteiger partial charge in [-0.3, -0.25) is 9.59 Å². The van der Waals surface area contributed by atoms with E-state index in [1.807, 2.05) is 0 Å². The van der Waals surface area contributed by atoms with E-state index in [0.29, 0.717) is 10.4 Å². The lowest BCUT2D eigenvalue weighted by molar-refractivity contribution is -0.148. The number of methoxy groups -OCH3 is 1. The van der Waals surface area contributed by atoms with Crippen molar-refractivity contribution in [2.45, 2.75) is 12.5 Å². The fraction of sp³-hybridized carbons (Fsp3) is 0.250. The Morgan fingerprint density at radius 1 is 1.50 bits per heavy atom. The minimum Gasteiger partial charge on any atom is -0.480 e. The van der Waals surface area contributed by atoms with Gasteiger partial charge in [0.15, 0.2) is 4.67 Å². The molecule has 0 aromatic carbocycles. The number of hydrogen-bond acceptors (Lipinski definition) is 5. The second-order valence-electron chi connectivity index (χ2n) is 3.65. The topological polar surface area (TPSA) is 106 Å². The first-order valence-electron chi connectivity index (χ1n) is 5.46. The summed E-state index contributed by atoms with van der Waals surface area (Å²) in [7, 11) is 1.14. The van der Waals surface area contributed by atoms with Crippen LogP contribution in [0.15, 0.2) is 27.3 Å². The molecule has 0 saturated heterocycles. The highest BCUT2D eigenvalue weighted by atomic mass is 79.9. The van der Waals surface area contributed by atoms with Gasteiger partial charge in [0.05, 0.1) is 13.5 Å². The summed E-state index contributed by atoms with van der Waals surface area (Å²) in [6.07, 6.45) is 2.04. The lowest BCUT2D eigenvalue weighted by Gasteiger charge is -2.11. The number of carbonyl (C=O) groups excluding carboxylic acids is 2. The zero-order valence-corrected chi connectivity index (χ0v) is 12.0. The number of aliphatic carboxylic acids is 1. The summed E-state index contributed by atoms with van der Waals surface area (Å²) in [5, 5.41) is 11.1. The van der Waals surface area contributed by atoms with Crippen LogP contribution in [-0.2, 0) is 19.1 Å². The summed E-state index contributed by atoms with van der Waals surface area (Å²) in [6.45, 7) is 0. The van der Waals surface area contributed by atoms with Crippen LogP contribution in [-0.4, -0.2) is 36.1 Å². The van der Waals surface area contributed by atoms with Crippen molar-refractivity contribution in [3.63, 3.8) is 0 Å². The number of ether oxygens (including phenoxy) is 1. The quantitative estimate of drug-likeness (QED) is 0.592. The van der Waals surface area contributed by atoms with E-state index in [4.69, 9.17) is 9.52 Å². The average Bonchev–Trinajstić information content (AvgIpc) is 2.81. The third kappa shape index (κ3) is 5.27. The number of carboxylic acid groups (broad SMARTS) is 1. The first kappa shape index (κ1) is 16.0. The Hall–Kier alpha value is -2.09. The monoisotopic (exact) mass is 345 g/mol. The molecule has 20 heavy (non-hydrogen) atoms. The van der Waals surface area contributed by atoms with Crippen LogP contribution in [0, 0.1) is 0 Å². The van der Waals surface area contributed by atoms with Crippen molar-refractivity contribution in [1.82, 2.24) is 5.32 Å². The van der Waals surface area contributed by atoms with Gasteiger partial charge in [0, 0.05) is 6.08 Å². The van der Waals surface area contributed by atoms with Crippen molar-refractivity contribution in [3.8, 4) is 0 Å². The number of carbonyl (C=O) groups is 3. The molecule has 1 rings (SSSR count). The van der Waals surface area contributed by atoms with Gasteiger partial charge >= 0.3 is 11.9 Å². The average molecular weight is 346 g/mol. The number of rotatable bonds is 6. The summed E-state index contributed by atoms with van der Waals surface area (Å²) in [5.74, 6) is -2.28. The van der Waals surface area contributed by atoms with Crippen molar-refractivity contribution >= 4 is 39.9 Å². The molecule has 1 aromatic rings. The Kier molecular flexibility index (Phi) is 5.98. The maximum atomic E-state index is 11.5. The fourth-order valence-electron chi connectivity index (χ4n) is 1.25. The van der Waals surface area contributed by atoms with Crippen molar-refractivity contribution in [2.75, 3.05) is 7.11 Å². The maximum absolute atomic E-state index is 11.5. The van der Waals surface area contributed by atoms with Crippen molar-refractivity contribution < 1.29 is 28.6 Å². The number of furan rings is 1. The molecule has 108 valence electrons. The summed E-state index contributed by atoms with van der Waals surface area (Å²) >= 11 is 3.10. The number of amides is 1. The molecular weight excluding hydrogens is 334 g/mol. The predicted molar refractivity (Wildman–Crippen MR) is 71.6 cm³/mol. The maximum Gasteiger partial charge on any atom is 0.326 e. The van der Waals surface area contributed by atoms with Gasteiger partial charge in [0.2, 0.25) is 5.91 Å². The van der Waals surface area contributed by atoms with E-state index in [1.165, 1.54) is 6.08 Å². The molecule has 0 bridgehead atoms. The molecule has 0 saturated carbocycles. The zero-order valence-electron chi connectivity index (χ0n) is 10.5. The summed E-state index contributed by atoms with van der Waals surface area (Å²) in [5.41, 5.74) is 0. The molecule has 0 fully saturated rings. The molecular formula is C12H12BrNO6. The molecule has 1 amide bonds. The lowest BCUT2D eigenvalue weighted by atomic mass is 10.2. The Morgan fingerprint density at radius 3 is 2.70 bits per heavy atom. The number of carboxylic acids is 1. The number of nitrogens with one attached hydrogen (secondary N) is 1. The second-order valence-corrected chi connectivity index (χ2v) is 4.44. The molecule has 7 nitrogen and oxygen atoms in total. The van der Waals surface area contributed by atoms with Gasteiger partial charge < -0.3 is 19.6 Å². The molecule has 1 atom stereocenters. The number of esters is 1. The largest absolute Gasteiger partial charge is 0.480 e. The van der Waals surface area contributed by atoms with E-state index in [1.54, 1.807) is 12.1 Å². The Labute approximate surface area is 122 Å². The van der Waals surface area contributed by atoms with Crippen LogP contribution in [0.4, 0.5) is 0 Å². The van der Waals surface area contributed by atoms with Crippen molar-refractivity contribution in [2.24, 2.45) is 0 Å². The summed E-state index contributed by atoms with van der Waals surface area (Å²) < 4.78 is 9.99. The summed E-state index contributed by atoms with van der Waals surface area (Å²) in [6, 6.07) is 1.93. The summed E-state index contributed by atoms with van der Waals surface area (Å²) in [4.78, 5) is 33.4. The SMILES string of the molecule is COC(=O)C[C@H](NC(=O)C=Cc1ccc(Br)o1)C(=O)O. The van der Waals surface area contributed by atoms with E-state index < -0.39 is 30.3 Å². The molecule has 0 aliphatic rings. The van der Waals surface area contributed by atoms with Crippen LogP contribution in [0.2, 0.25) is 0 Å². The smallest absolute Gasteiger partial charge is 0.326 e. The second kappa shape index (κ2) is 7.49. The number of hydrogen-bond donors (Lipinski definition) is 2. The van der Waals surface area contributed by atoms with Gasteiger partial charge in [-0.25, -0.2) is 4.79 Å². The van der Waals surface area contributed by atoms with E-state index in [0.717, 1.165) is 13.2 Å². The highest BCUT2D eigenvalue weighted by molar-refractivity contribution is 9.10. The molecule has 0 aliphatic heterocycles. The standard InChI is InChI=1S/C12H12BrNO6/c1-19-11(16)6-8(12(17)18)14-10(15)5-3-7-2-4-9(13)20-7/h2-5,8H,6H2,1H3,(H,14,15)(H,17,18)/t8-/m0/s1. The molecule has 2 N–H and O–H groups in total. The van der Waals surface area contributed by atoms with Gasteiger partial charge in [0.1, 0.15) is 11.8 Å². The first-order chi connectivity index (χ1) is 9.42. The van der Waals surface area contributed by atoms with Crippen molar-refractivity contribution in [1.29, 1.82) is 0 Å². The van der Waals surface area contributed by atoms with Gasteiger partial charge in [0.25, 0.3) is 0 Å². The molecule has 0 spiro atoms. The Bertz CT molecular complexity index is 536. The van der Waals surface area contributed by atoms with E-state index in [-0.39, 0.29) is 0 Å². The van der Waals surface area contributed by atoms with Crippen LogP contribution < -0.4 is 5.32 Å². The minimum absolute atomic E-state index is 0.423. The van der Waals surface area contributed by atoms with Gasteiger partial charge in [-0.1, -0.05) is 0 Å². The first-order valence-corrected chi connectivity index (χ1v) is 6.25. The molecule has 8 heteroatoms. The highest BCUT2D eigenvalue weighted by Crippen LogP contribution is 2.14. The van der Waals surface area contributed by atoms with E-state index >= 15 is 0 Å². The van der Waals surface area contributed by atoms with Crippen LogP contribution in [0.25, 0.3) is 6.08 Å². The molecule has 0 radical (unpaired) electrons. The zero-order chi connectivity index (χ0) is 15.1. The van der Waals surface area contributed by atoms with E-state index in [2.05, 4.69) is 26.0 Å². The van der Waals surface area contributed by atoms with Crippen LogP contribution in [0.3, 0.4) is 0 Å². The molecule has 1 aromatic heterocycles. The predicted octanol–water partition coefficient (Wildman–Crippen LogP) is 1.19. The van der Waals surface area contributed by atoms with Gasteiger partial charge in [-0.15, -0.1) is 0 Å². The molecule has 1 heterocycles. The highest BCUT2D eigenvalue weighted by Gasteiger charge is 2.22. The molecule has 0 unspecified atom stereocenters. The third-order valence-electron chi connectivity index (χ3n) is 2.21. The fourth-order valence-corrected chi connectivity index (χ4v) is 1.56. The Balaban J connectivity index is 2.60. The van der Waals surface area contributed by atoms with Crippen LogP contribution in [0.5, 0.6) is 0 Å². The van der Waals surface area contributed by atoms with Gasteiger partial charge in [-0.05, 0) is 34.1 Å². The van der Waals surface area contributed by atoms with Gasteiger partial charge in [-0.2, -0.15) is 0 Å². The van der Waals surface area contributed by atoms with Crippen LogP contribution >= 0.6 is 15.9 Å².